The number of rotatable bonds is 3. The second-order valence-electron chi connectivity index (χ2n) is 4.77. The minimum Gasteiger partial charge on any atom is -0.312 e. The SMILES string of the molecule is CCCCn1c2c(c(C)cc1=O)C(=O)CCC2. The highest BCUT2D eigenvalue weighted by Gasteiger charge is 2.22. The van der Waals surface area contributed by atoms with E-state index in [0.29, 0.717) is 6.42 Å². The van der Waals surface area contributed by atoms with Gasteiger partial charge in [-0.3, -0.25) is 9.59 Å². The van der Waals surface area contributed by atoms with Crippen LogP contribution in [0.4, 0.5) is 0 Å². The van der Waals surface area contributed by atoms with E-state index in [2.05, 4.69) is 6.92 Å². The predicted octanol–water partition coefficient (Wildman–Crippen LogP) is 2.48. The fraction of sp³-hybridized carbons (Fsp3) is 0.571. The van der Waals surface area contributed by atoms with Crippen molar-refractivity contribution in [2.45, 2.75) is 52.5 Å². The van der Waals surface area contributed by atoms with E-state index in [-0.39, 0.29) is 11.3 Å². The molecule has 17 heavy (non-hydrogen) atoms. The van der Waals surface area contributed by atoms with Crippen molar-refractivity contribution >= 4 is 5.78 Å². The summed E-state index contributed by atoms with van der Waals surface area (Å²) in [4.78, 5) is 23.9. The highest BCUT2D eigenvalue weighted by molar-refractivity contribution is 5.99. The van der Waals surface area contributed by atoms with Gasteiger partial charge < -0.3 is 4.57 Å². The van der Waals surface area contributed by atoms with Crippen molar-refractivity contribution < 1.29 is 4.79 Å². The number of pyridine rings is 1. The predicted molar refractivity (Wildman–Crippen MR) is 67.6 cm³/mol. The van der Waals surface area contributed by atoms with Crippen molar-refractivity contribution in [2.24, 2.45) is 0 Å². The standard InChI is InChI=1S/C14H19NO2/c1-3-4-8-15-11-6-5-7-12(16)14(11)10(2)9-13(15)17/h9H,3-8H2,1-2H3. The Morgan fingerprint density at radius 2 is 2.06 bits per heavy atom. The monoisotopic (exact) mass is 233 g/mol. The molecule has 92 valence electrons. The third-order valence-electron chi connectivity index (χ3n) is 3.45. The second-order valence-corrected chi connectivity index (χ2v) is 4.77. The Morgan fingerprint density at radius 1 is 1.29 bits per heavy atom. The zero-order chi connectivity index (χ0) is 12.4. The van der Waals surface area contributed by atoms with E-state index in [4.69, 9.17) is 0 Å². The van der Waals surface area contributed by atoms with Crippen molar-refractivity contribution in [3.05, 3.63) is 33.2 Å². The van der Waals surface area contributed by atoms with E-state index >= 15 is 0 Å². The van der Waals surface area contributed by atoms with Crippen molar-refractivity contribution in [1.29, 1.82) is 0 Å². The van der Waals surface area contributed by atoms with Gasteiger partial charge in [0.1, 0.15) is 0 Å². The topological polar surface area (TPSA) is 39.1 Å². The van der Waals surface area contributed by atoms with E-state index < -0.39 is 0 Å². The molecule has 0 bridgehead atoms. The third-order valence-corrected chi connectivity index (χ3v) is 3.45. The van der Waals surface area contributed by atoms with Crippen LogP contribution in [0.1, 0.15) is 54.2 Å². The molecule has 1 aliphatic carbocycles. The third kappa shape index (κ3) is 2.19. The highest BCUT2D eigenvalue weighted by atomic mass is 16.1. The Kier molecular flexibility index (Phi) is 3.46. The lowest BCUT2D eigenvalue weighted by molar-refractivity contribution is 0.0969. The van der Waals surface area contributed by atoms with Gasteiger partial charge in [-0.2, -0.15) is 0 Å². The van der Waals surface area contributed by atoms with Crippen molar-refractivity contribution in [1.82, 2.24) is 4.57 Å². The van der Waals surface area contributed by atoms with Crippen LogP contribution in [-0.4, -0.2) is 10.4 Å². The quantitative estimate of drug-likeness (QED) is 0.804. The fourth-order valence-corrected chi connectivity index (χ4v) is 2.57. The van der Waals surface area contributed by atoms with E-state index in [9.17, 15) is 9.59 Å². The van der Waals surface area contributed by atoms with Gasteiger partial charge >= 0.3 is 0 Å². The first-order chi connectivity index (χ1) is 8.15. The normalized spacial score (nSPS) is 14.8. The van der Waals surface area contributed by atoms with Gasteiger partial charge in [0.2, 0.25) is 0 Å². The van der Waals surface area contributed by atoms with Gasteiger partial charge in [0, 0.05) is 30.3 Å². The molecule has 1 aliphatic rings. The van der Waals surface area contributed by atoms with Crippen LogP contribution in [0.5, 0.6) is 0 Å². The number of nitrogens with zero attached hydrogens (tertiary/aromatic N) is 1. The molecule has 0 saturated heterocycles. The lowest BCUT2D eigenvalue weighted by Crippen LogP contribution is -2.29. The molecule has 0 unspecified atom stereocenters. The number of hydrogen-bond acceptors (Lipinski definition) is 2. The molecule has 2 rings (SSSR count). The maximum atomic E-state index is 12.0. The molecule has 0 N–H and O–H groups in total. The molecule has 0 atom stereocenters. The van der Waals surface area contributed by atoms with Gasteiger partial charge in [-0.05, 0) is 31.7 Å². The molecule has 0 saturated carbocycles. The Morgan fingerprint density at radius 3 is 2.76 bits per heavy atom. The summed E-state index contributed by atoms with van der Waals surface area (Å²) < 4.78 is 1.81. The average Bonchev–Trinajstić information content (AvgIpc) is 2.28. The lowest BCUT2D eigenvalue weighted by Gasteiger charge is -2.21. The summed E-state index contributed by atoms with van der Waals surface area (Å²) in [5.74, 6) is 0.203. The van der Waals surface area contributed by atoms with Gasteiger partial charge in [-0.1, -0.05) is 13.3 Å². The summed E-state index contributed by atoms with van der Waals surface area (Å²) >= 11 is 0. The van der Waals surface area contributed by atoms with Gasteiger partial charge in [-0.25, -0.2) is 0 Å². The number of Topliss-reactive ketones (excluding diaryl/α,β-unsaturated/α-hetero) is 1. The van der Waals surface area contributed by atoms with Crippen LogP contribution in [0.3, 0.4) is 0 Å². The molecule has 1 aromatic heterocycles. The molecule has 0 amide bonds. The molecule has 1 heterocycles. The summed E-state index contributed by atoms with van der Waals surface area (Å²) in [5.41, 5.74) is 2.68. The second kappa shape index (κ2) is 4.86. The van der Waals surface area contributed by atoms with Gasteiger partial charge in [-0.15, -0.1) is 0 Å². The average molecular weight is 233 g/mol. The minimum atomic E-state index is 0.0457. The maximum Gasteiger partial charge on any atom is 0.251 e. The summed E-state index contributed by atoms with van der Waals surface area (Å²) in [7, 11) is 0. The molecule has 3 nitrogen and oxygen atoms in total. The molecule has 1 aromatic rings. The Labute approximate surface area is 101 Å². The maximum absolute atomic E-state index is 12.0. The first kappa shape index (κ1) is 12.1. The van der Waals surface area contributed by atoms with E-state index in [1.54, 1.807) is 6.07 Å². The number of carbonyl (C=O) groups excluding carboxylic acids is 1. The number of aromatic nitrogens is 1. The first-order valence-electron chi connectivity index (χ1n) is 6.41. The zero-order valence-corrected chi connectivity index (χ0v) is 10.6. The minimum absolute atomic E-state index is 0.0457. The van der Waals surface area contributed by atoms with E-state index in [1.807, 2.05) is 11.5 Å². The van der Waals surface area contributed by atoms with Crippen LogP contribution >= 0.6 is 0 Å². The fourth-order valence-electron chi connectivity index (χ4n) is 2.57. The molecule has 3 heteroatoms. The van der Waals surface area contributed by atoms with Gasteiger partial charge in [0.15, 0.2) is 5.78 Å². The zero-order valence-electron chi connectivity index (χ0n) is 10.6. The van der Waals surface area contributed by atoms with Gasteiger partial charge in [0.05, 0.1) is 0 Å². The number of aryl methyl sites for hydroxylation is 1. The van der Waals surface area contributed by atoms with Crippen molar-refractivity contribution in [2.75, 3.05) is 0 Å². The summed E-state index contributed by atoms with van der Waals surface area (Å²) in [6.07, 6.45) is 4.41. The van der Waals surface area contributed by atoms with Crippen molar-refractivity contribution in [3.63, 3.8) is 0 Å². The summed E-state index contributed by atoms with van der Waals surface area (Å²) in [6.45, 7) is 4.72. The number of unbranched alkanes of at least 4 members (excludes halogenated alkanes) is 1. The highest BCUT2D eigenvalue weighted by Crippen LogP contribution is 2.23. The molecular formula is C14H19NO2. The number of fused-ring (bicyclic) bond motifs is 1. The Bertz CT molecular complexity index is 500. The van der Waals surface area contributed by atoms with Crippen LogP contribution in [0, 0.1) is 6.92 Å². The number of hydrogen-bond donors (Lipinski definition) is 0. The largest absolute Gasteiger partial charge is 0.312 e. The Hall–Kier alpha value is -1.38. The Balaban J connectivity index is 2.55. The van der Waals surface area contributed by atoms with Gasteiger partial charge in [0.25, 0.3) is 5.56 Å². The molecule has 0 radical (unpaired) electrons. The summed E-state index contributed by atoms with van der Waals surface area (Å²) in [6, 6.07) is 1.61. The van der Waals surface area contributed by atoms with Crippen LogP contribution in [0.25, 0.3) is 0 Å². The first-order valence-corrected chi connectivity index (χ1v) is 6.41. The lowest BCUT2D eigenvalue weighted by atomic mass is 9.91. The van der Waals surface area contributed by atoms with Crippen molar-refractivity contribution in [3.8, 4) is 0 Å². The van der Waals surface area contributed by atoms with Crippen LogP contribution in [0.2, 0.25) is 0 Å². The van der Waals surface area contributed by atoms with Crippen LogP contribution < -0.4 is 5.56 Å². The number of carbonyl (C=O) groups is 1. The smallest absolute Gasteiger partial charge is 0.251 e. The number of ketones is 1. The van der Waals surface area contributed by atoms with Crippen LogP contribution in [0.15, 0.2) is 10.9 Å². The van der Waals surface area contributed by atoms with E-state index in [0.717, 1.165) is 49.0 Å². The van der Waals surface area contributed by atoms with E-state index in [1.165, 1.54) is 0 Å². The molecule has 0 aliphatic heterocycles. The molecule has 0 fully saturated rings. The molecule has 0 aromatic carbocycles. The summed E-state index contributed by atoms with van der Waals surface area (Å²) in [5, 5.41) is 0. The molecule has 0 spiro atoms. The molecular weight excluding hydrogens is 214 g/mol. The van der Waals surface area contributed by atoms with Crippen LogP contribution in [-0.2, 0) is 13.0 Å².